The van der Waals surface area contributed by atoms with Gasteiger partial charge in [-0.05, 0) is 51.9 Å². The predicted octanol–water partition coefficient (Wildman–Crippen LogP) is 1.89. The molecule has 3 aliphatic carbocycles. The highest BCUT2D eigenvalue weighted by Gasteiger charge is 2.72. The van der Waals surface area contributed by atoms with Crippen LogP contribution in [0.1, 0.15) is 52.9 Å². The molecule has 6 fully saturated rings. The average Bonchev–Trinajstić information content (AvgIpc) is 3.11. The summed E-state index contributed by atoms with van der Waals surface area (Å²) in [5, 5.41) is 0. The van der Waals surface area contributed by atoms with E-state index in [4.69, 9.17) is 4.74 Å². The summed E-state index contributed by atoms with van der Waals surface area (Å²) in [6, 6.07) is 0.179. The number of hydrogen-bond donors (Lipinski definition) is 0. The van der Waals surface area contributed by atoms with Crippen molar-refractivity contribution in [1.29, 1.82) is 0 Å². The number of hydrogen-bond acceptors (Lipinski definition) is 4. The number of piperazine rings is 1. The molecule has 6 aliphatic rings. The third-order valence-corrected chi connectivity index (χ3v) is 7.39. The Morgan fingerprint density at radius 2 is 1.83 bits per heavy atom. The second-order valence-electron chi connectivity index (χ2n) is 10.8. The molecule has 29 heavy (non-hydrogen) atoms. The van der Waals surface area contributed by atoms with Gasteiger partial charge in [0.2, 0.25) is 5.91 Å². The van der Waals surface area contributed by atoms with E-state index in [1.807, 2.05) is 30.6 Å². The number of fused-ring (bicyclic) bond motifs is 1. The molecule has 0 N–H and O–H groups in total. The lowest BCUT2D eigenvalue weighted by atomic mass is 9.38. The second kappa shape index (κ2) is 6.01. The zero-order valence-electron chi connectivity index (χ0n) is 17.8. The van der Waals surface area contributed by atoms with Crippen LogP contribution < -0.4 is 0 Å². The van der Waals surface area contributed by atoms with Gasteiger partial charge < -0.3 is 24.3 Å². The van der Waals surface area contributed by atoms with Crippen molar-refractivity contribution >= 4 is 18.0 Å². The molecule has 6 rings (SSSR count). The summed E-state index contributed by atoms with van der Waals surface area (Å²) in [4.78, 5) is 45.2. The first-order chi connectivity index (χ1) is 13.6. The van der Waals surface area contributed by atoms with Crippen LogP contribution in [0.5, 0.6) is 0 Å². The Hall–Kier alpha value is -1.99. The Labute approximate surface area is 172 Å². The van der Waals surface area contributed by atoms with E-state index in [9.17, 15) is 14.4 Å². The third kappa shape index (κ3) is 2.97. The van der Waals surface area contributed by atoms with Crippen LogP contribution in [0, 0.1) is 5.41 Å². The molecule has 3 saturated carbocycles. The van der Waals surface area contributed by atoms with Crippen LogP contribution in [0.4, 0.5) is 9.59 Å². The molecular weight excluding hydrogens is 372 g/mol. The highest BCUT2D eigenvalue weighted by atomic mass is 16.6. The molecule has 0 unspecified atom stereocenters. The van der Waals surface area contributed by atoms with E-state index in [-0.39, 0.29) is 29.1 Å². The van der Waals surface area contributed by atoms with Gasteiger partial charge in [-0.15, -0.1) is 0 Å². The van der Waals surface area contributed by atoms with Crippen LogP contribution in [-0.2, 0) is 9.53 Å². The van der Waals surface area contributed by atoms with Gasteiger partial charge in [-0.3, -0.25) is 4.79 Å². The molecule has 4 amide bonds. The van der Waals surface area contributed by atoms with E-state index in [1.165, 1.54) is 0 Å². The average molecular weight is 405 g/mol. The van der Waals surface area contributed by atoms with Crippen LogP contribution in [0.15, 0.2) is 0 Å². The summed E-state index contributed by atoms with van der Waals surface area (Å²) in [6.07, 6.45) is 4.44. The molecule has 8 nitrogen and oxygen atoms in total. The van der Waals surface area contributed by atoms with Crippen molar-refractivity contribution < 1.29 is 19.1 Å². The van der Waals surface area contributed by atoms with Gasteiger partial charge in [0, 0.05) is 51.2 Å². The molecule has 3 aliphatic heterocycles. The zero-order chi connectivity index (χ0) is 20.6. The highest BCUT2D eigenvalue weighted by molar-refractivity contribution is 5.80. The van der Waals surface area contributed by atoms with E-state index in [2.05, 4.69) is 4.90 Å². The summed E-state index contributed by atoms with van der Waals surface area (Å²) < 4.78 is 5.51. The van der Waals surface area contributed by atoms with Crippen LogP contribution in [0.2, 0.25) is 0 Å². The first kappa shape index (κ1) is 19.0. The van der Waals surface area contributed by atoms with Gasteiger partial charge in [-0.2, -0.15) is 0 Å². The molecule has 0 aromatic carbocycles. The number of likely N-dealkylation sites (tertiary alicyclic amines) is 1. The normalized spacial score (nSPS) is 36.2. The first-order valence-corrected chi connectivity index (χ1v) is 10.9. The van der Waals surface area contributed by atoms with Crippen molar-refractivity contribution in [2.75, 3.05) is 39.3 Å². The van der Waals surface area contributed by atoms with Gasteiger partial charge in [-0.25, -0.2) is 9.59 Å². The van der Waals surface area contributed by atoms with Crippen molar-refractivity contribution in [2.45, 2.75) is 70.1 Å². The molecule has 160 valence electrons. The lowest BCUT2D eigenvalue weighted by Crippen LogP contribution is -2.77. The van der Waals surface area contributed by atoms with Gasteiger partial charge in [0.05, 0.1) is 6.04 Å². The molecule has 1 atom stereocenters. The summed E-state index contributed by atoms with van der Waals surface area (Å²) in [7, 11) is 0. The van der Waals surface area contributed by atoms with Crippen LogP contribution in [-0.4, -0.2) is 94.1 Å². The zero-order valence-corrected chi connectivity index (χ0v) is 17.8. The van der Waals surface area contributed by atoms with Gasteiger partial charge in [-0.1, -0.05) is 0 Å². The fourth-order valence-corrected chi connectivity index (χ4v) is 6.26. The third-order valence-electron chi connectivity index (χ3n) is 7.39. The molecule has 3 heterocycles. The Morgan fingerprint density at radius 3 is 2.45 bits per heavy atom. The number of urea groups is 1. The summed E-state index contributed by atoms with van der Waals surface area (Å²) in [5.74, 6) is 0.292. The minimum absolute atomic E-state index is 0.00601. The number of rotatable bonds is 3. The predicted molar refractivity (Wildman–Crippen MR) is 105 cm³/mol. The van der Waals surface area contributed by atoms with E-state index in [0.29, 0.717) is 38.5 Å². The number of carbonyl (C=O) groups excluding carboxylic acids is 3. The molecule has 0 aromatic rings. The molecule has 0 spiro atoms. The van der Waals surface area contributed by atoms with Gasteiger partial charge in [0.15, 0.2) is 0 Å². The van der Waals surface area contributed by atoms with Crippen LogP contribution in [0.3, 0.4) is 0 Å². The van der Waals surface area contributed by atoms with Crippen molar-refractivity contribution in [2.24, 2.45) is 5.41 Å². The molecule has 0 aromatic heterocycles. The first-order valence-electron chi connectivity index (χ1n) is 10.9. The highest BCUT2D eigenvalue weighted by Crippen LogP contribution is 2.70. The molecule has 8 heteroatoms. The Kier molecular flexibility index (Phi) is 3.94. The monoisotopic (exact) mass is 404 g/mol. The maximum Gasteiger partial charge on any atom is 0.410 e. The summed E-state index contributed by atoms with van der Waals surface area (Å²) >= 11 is 0. The van der Waals surface area contributed by atoms with E-state index in [1.54, 1.807) is 4.90 Å². The van der Waals surface area contributed by atoms with Crippen molar-refractivity contribution in [1.82, 2.24) is 19.6 Å². The minimum atomic E-state index is -0.511. The maximum absolute atomic E-state index is 13.1. The topological polar surface area (TPSA) is 73.4 Å². The van der Waals surface area contributed by atoms with Gasteiger partial charge in [0.25, 0.3) is 0 Å². The Morgan fingerprint density at radius 1 is 1.10 bits per heavy atom. The number of amides is 4. The van der Waals surface area contributed by atoms with Crippen molar-refractivity contribution in [3.8, 4) is 0 Å². The smallest absolute Gasteiger partial charge is 0.410 e. The summed E-state index contributed by atoms with van der Waals surface area (Å²) in [5.41, 5.74) is -0.275. The van der Waals surface area contributed by atoms with Crippen molar-refractivity contribution in [3.63, 3.8) is 0 Å². The number of nitrogens with zero attached hydrogens (tertiary/aromatic N) is 4. The maximum atomic E-state index is 13.1. The number of ether oxygens (including phenoxy) is 1. The molecule has 2 bridgehead atoms. The lowest BCUT2D eigenvalue weighted by molar-refractivity contribution is -0.208. The standard InChI is InChI=1S/C21H32N4O4/c1-19(2,3)29-18(28)22-7-8-24-15(9-22)10-25(17(24)27)21-11-20(12-21,13-21)14-23-6-4-5-16(23)26/h15H,4-14H2,1-3H3/t15-,20?,21?/m0/s1. The number of carbonyl (C=O) groups is 3. The fraction of sp³-hybridized carbons (Fsp3) is 0.857. The fourth-order valence-electron chi connectivity index (χ4n) is 6.26. The van der Waals surface area contributed by atoms with Crippen molar-refractivity contribution in [3.05, 3.63) is 0 Å². The molecular formula is C21H32N4O4. The lowest BCUT2D eigenvalue weighted by Gasteiger charge is -2.73. The van der Waals surface area contributed by atoms with Gasteiger partial charge in [0.1, 0.15) is 5.60 Å². The Balaban J connectivity index is 1.18. The largest absolute Gasteiger partial charge is 0.444 e. The Bertz CT molecular complexity index is 740. The quantitative estimate of drug-likeness (QED) is 0.720. The molecule has 0 radical (unpaired) electrons. The van der Waals surface area contributed by atoms with Crippen LogP contribution in [0.25, 0.3) is 0 Å². The summed E-state index contributed by atoms with van der Waals surface area (Å²) in [6.45, 7) is 9.71. The molecule has 3 saturated heterocycles. The SMILES string of the molecule is CC(C)(C)OC(=O)N1CCN2C(=O)N(C34CC(CN5CCCC5=O)(C3)C4)C[C@@H]2C1. The van der Waals surface area contributed by atoms with Crippen LogP contribution >= 0.6 is 0 Å². The van der Waals surface area contributed by atoms with Gasteiger partial charge >= 0.3 is 12.1 Å². The van der Waals surface area contributed by atoms with E-state index in [0.717, 1.165) is 38.8 Å². The van der Waals surface area contributed by atoms with E-state index < -0.39 is 5.60 Å². The van der Waals surface area contributed by atoms with E-state index >= 15 is 0 Å². The minimum Gasteiger partial charge on any atom is -0.444 e. The second-order valence-corrected chi connectivity index (χ2v) is 10.8.